The molecule has 0 bridgehead atoms. The Labute approximate surface area is 132 Å². The van der Waals surface area contributed by atoms with Gasteiger partial charge >= 0.3 is 0 Å². The third-order valence-electron chi connectivity index (χ3n) is 3.59. The van der Waals surface area contributed by atoms with E-state index in [1.165, 1.54) is 29.5 Å². The molecular weight excluding hydrogens is 298 g/mol. The molecule has 0 radical (unpaired) electrons. The van der Waals surface area contributed by atoms with Crippen molar-refractivity contribution in [3.8, 4) is 11.9 Å². The van der Waals surface area contributed by atoms with Gasteiger partial charge in [-0.15, -0.1) is 5.10 Å². The summed E-state index contributed by atoms with van der Waals surface area (Å²) in [7, 11) is 0. The Balaban J connectivity index is 2.20. The van der Waals surface area contributed by atoms with Gasteiger partial charge in [-0.3, -0.25) is 9.59 Å². The maximum absolute atomic E-state index is 12.1. The zero-order valence-corrected chi connectivity index (χ0v) is 13.1. The number of nitriles is 1. The number of carbonyl (C=O) groups is 1. The van der Waals surface area contributed by atoms with Crippen molar-refractivity contribution in [1.29, 1.82) is 5.26 Å². The molecule has 0 saturated heterocycles. The smallest absolute Gasteiger partial charge is 0.267 e. The molecule has 0 aliphatic heterocycles. The normalized spacial score (nSPS) is 13.3. The van der Waals surface area contributed by atoms with Crippen LogP contribution in [0.1, 0.15) is 20.8 Å². The lowest BCUT2D eigenvalue weighted by molar-refractivity contribution is -0.123. The van der Waals surface area contributed by atoms with E-state index in [4.69, 9.17) is 0 Å². The molecule has 9 nitrogen and oxygen atoms in total. The van der Waals surface area contributed by atoms with Crippen LogP contribution in [0, 0.1) is 17.2 Å². The van der Waals surface area contributed by atoms with Gasteiger partial charge in [0.25, 0.3) is 5.56 Å². The van der Waals surface area contributed by atoms with Crippen LogP contribution in [0.2, 0.25) is 0 Å². The maximum Gasteiger partial charge on any atom is 0.267 e. The van der Waals surface area contributed by atoms with Gasteiger partial charge in [-0.2, -0.15) is 10.4 Å². The first-order valence-corrected chi connectivity index (χ1v) is 7.01. The number of nitrogens with zero attached hydrogens (tertiary/aromatic N) is 6. The summed E-state index contributed by atoms with van der Waals surface area (Å²) in [5.74, 6) is -0.183. The fourth-order valence-corrected chi connectivity index (χ4v) is 1.77. The number of nitrogens with one attached hydrogen (secondary N) is 1. The zero-order chi connectivity index (χ0) is 17.0. The second-order valence-electron chi connectivity index (χ2n) is 5.54. The van der Waals surface area contributed by atoms with Crippen LogP contribution in [0.25, 0.3) is 5.82 Å². The number of hydrogen-bond donors (Lipinski definition) is 1. The van der Waals surface area contributed by atoms with Crippen molar-refractivity contribution in [3.63, 3.8) is 0 Å². The summed E-state index contributed by atoms with van der Waals surface area (Å²) in [6.45, 7) is 5.02. The second-order valence-corrected chi connectivity index (χ2v) is 5.54. The van der Waals surface area contributed by atoms with Crippen molar-refractivity contribution < 1.29 is 4.79 Å². The van der Waals surface area contributed by atoms with Crippen molar-refractivity contribution in [2.24, 2.45) is 5.92 Å². The summed E-state index contributed by atoms with van der Waals surface area (Å²) in [6.07, 6.45) is 2.77. The van der Waals surface area contributed by atoms with Crippen molar-refractivity contribution in [2.45, 2.75) is 32.9 Å². The van der Waals surface area contributed by atoms with E-state index in [-0.39, 0.29) is 12.5 Å². The SMILES string of the molecule is CC(C)C(C)(C#N)NC(=O)Cn1nc(-n2cncn2)ccc1=O. The van der Waals surface area contributed by atoms with E-state index in [1.807, 2.05) is 13.8 Å². The Morgan fingerprint density at radius 1 is 1.48 bits per heavy atom. The second kappa shape index (κ2) is 6.39. The molecule has 1 atom stereocenters. The minimum Gasteiger partial charge on any atom is -0.336 e. The first-order valence-electron chi connectivity index (χ1n) is 7.01. The average Bonchev–Trinajstić information content (AvgIpc) is 3.03. The summed E-state index contributed by atoms with van der Waals surface area (Å²) in [5, 5.41) is 19.9. The monoisotopic (exact) mass is 315 g/mol. The molecule has 1 amide bonds. The van der Waals surface area contributed by atoms with Gasteiger partial charge in [0.1, 0.15) is 24.7 Å². The standard InChI is InChI=1S/C14H17N7O2/c1-10(2)14(3,7-15)18-12(22)6-20-13(23)5-4-11(19-20)21-9-16-8-17-21/h4-5,8-10H,6H2,1-3H3,(H,18,22). The van der Waals surface area contributed by atoms with E-state index in [0.29, 0.717) is 5.82 Å². The van der Waals surface area contributed by atoms with Crippen LogP contribution < -0.4 is 10.9 Å². The molecule has 2 rings (SSSR count). The van der Waals surface area contributed by atoms with Crippen molar-refractivity contribution in [2.75, 3.05) is 0 Å². The highest BCUT2D eigenvalue weighted by atomic mass is 16.2. The van der Waals surface area contributed by atoms with Gasteiger partial charge in [0.05, 0.1) is 6.07 Å². The third kappa shape index (κ3) is 3.60. The van der Waals surface area contributed by atoms with E-state index in [1.54, 1.807) is 6.92 Å². The fraction of sp³-hybridized carbons (Fsp3) is 0.429. The van der Waals surface area contributed by atoms with E-state index in [0.717, 1.165) is 4.68 Å². The minimum atomic E-state index is -1.01. The summed E-state index contributed by atoms with van der Waals surface area (Å²) < 4.78 is 2.39. The highest BCUT2D eigenvalue weighted by Crippen LogP contribution is 2.14. The number of carbonyl (C=O) groups excluding carboxylic acids is 1. The number of rotatable bonds is 5. The Kier molecular flexibility index (Phi) is 4.55. The van der Waals surface area contributed by atoms with Crippen LogP contribution in [0.4, 0.5) is 0 Å². The molecule has 0 saturated carbocycles. The molecule has 1 N–H and O–H groups in total. The van der Waals surface area contributed by atoms with Gasteiger partial charge in [-0.1, -0.05) is 13.8 Å². The van der Waals surface area contributed by atoms with Gasteiger partial charge < -0.3 is 5.32 Å². The van der Waals surface area contributed by atoms with Crippen LogP contribution in [0.3, 0.4) is 0 Å². The van der Waals surface area contributed by atoms with Crippen molar-refractivity contribution in [1.82, 2.24) is 29.9 Å². The number of amides is 1. The van der Waals surface area contributed by atoms with E-state index < -0.39 is 17.0 Å². The molecule has 0 spiro atoms. The zero-order valence-electron chi connectivity index (χ0n) is 13.1. The van der Waals surface area contributed by atoms with Crippen molar-refractivity contribution in [3.05, 3.63) is 35.1 Å². The van der Waals surface area contributed by atoms with Gasteiger partial charge in [0.2, 0.25) is 5.91 Å². The van der Waals surface area contributed by atoms with Crippen molar-refractivity contribution >= 4 is 5.91 Å². The molecule has 2 aromatic rings. The Morgan fingerprint density at radius 3 is 2.78 bits per heavy atom. The largest absolute Gasteiger partial charge is 0.336 e. The van der Waals surface area contributed by atoms with Gasteiger partial charge in [0, 0.05) is 6.07 Å². The molecule has 120 valence electrons. The average molecular weight is 315 g/mol. The molecule has 2 heterocycles. The fourth-order valence-electron chi connectivity index (χ4n) is 1.77. The van der Waals surface area contributed by atoms with E-state index in [9.17, 15) is 14.9 Å². The van der Waals surface area contributed by atoms with Crippen LogP contribution in [0.15, 0.2) is 29.6 Å². The topological polar surface area (TPSA) is 118 Å². The summed E-state index contributed by atoms with van der Waals surface area (Å²) in [5.41, 5.74) is -1.43. The Morgan fingerprint density at radius 2 is 2.22 bits per heavy atom. The van der Waals surface area contributed by atoms with Gasteiger partial charge in [-0.25, -0.2) is 14.3 Å². The molecule has 9 heteroatoms. The molecule has 23 heavy (non-hydrogen) atoms. The molecule has 0 aromatic carbocycles. The molecule has 0 aliphatic rings. The molecule has 2 aromatic heterocycles. The van der Waals surface area contributed by atoms with Gasteiger partial charge in [0.15, 0.2) is 5.82 Å². The predicted molar refractivity (Wildman–Crippen MR) is 80.4 cm³/mol. The predicted octanol–water partition coefficient (Wildman–Crippen LogP) is -0.122. The summed E-state index contributed by atoms with van der Waals surface area (Å²) in [4.78, 5) is 27.8. The van der Waals surface area contributed by atoms with Crippen LogP contribution in [0.5, 0.6) is 0 Å². The Bertz CT molecular complexity index is 788. The number of hydrogen-bond acceptors (Lipinski definition) is 6. The Hall–Kier alpha value is -3.02. The van der Waals surface area contributed by atoms with Crippen LogP contribution in [-0.4, -0.2) is 36.0 Å². The molecule has 0 fully saturated rings. The maximum atomic E-state index is 12.1. The molecule has 0 aliphatic carbocycles. The third-order valence-corrected chi connectivity index (χ3v) is 3.59. The first kappa shape index (κ1) is 16.4. The van der Waals surface area contributed by atoms with E-state index in [2.05, 4.69) is 26.6 Å². The van der Waals surface area contributed by atoms with Gasteiger partial charge in [-0.05, 0) is 18.9 Å². The highest BCUT2D eigenvalue weighted by molar-refractivity contribution is 5.77. The lowest BCUT2D eigenvalue weighted by atomic mass is 9.90. The van der Waals surface area contributed by atoms with Crippen LogP contribution >= 0.6 is 0 Å². The summed E-state index contributed by atoms with van der Waals surface area (Å²) >= 11 is 0. The molecular formula is C14H17N7O2. The number of aromatic nitrogens is 5. The lowest BCUT2D eigenvalue weighted by Gasteiger charge is -2.27. The highest BCUT2D eigenvalue weighted by Gasteiger charge is 2.30. The summed E-state index contributed by atoms with van der Waals surface area (Å²) in [6, 6.07) is 4.86. The molecule has 1 unspecified atom stereocenters. The minimum absolute atomic E-state index is 0.0809. The first-order chi connectivity index (χ1) is 10.9. The lowest BCUT2D eigenvalue weighted by Crippen LogP contribution is -2.50. The van der Waals surface area contributed by atoms with E-state index >= 15 is 0 Å². The quantitative estimate of drug-likeness (QED) is 0.821. The van der Waals surface area contributed by atoms with Crippen LogP contribution in [-0.2, 0) is 11.3 Å².